The second-order valence-corrected chi connectivity index (χ2v) is 31.6. The smallest absolute Gasteiger partial charge is 0.261 e. The molecule has 10 aromatic rings. The summed E-state index contributed by atoms with van der Waals surface area (Å²) in [7, 11) is -1.52. The minimum absolute atomic E-state index is 0.0634. The molecule has 0 amide bonds. The van der Waals surface area contributed by atoms with Gasteiger partial charge in [-0.15, -0.1) is 0 Å². The lowest BCUT2D eigenvalue weighted by Crippen LogP contribution is -2.70. The highest BCUT2D eigenvalue weighted by Crippen LogP contribution is 2.41. The van der Waals surface area contributed by atoms with Crippen molar-refractivity contribution >= 4 is 18.7 Å². The molecular formula is C88H96O14Si. The molecule has 2 fully saturated rings. The third-order valence-corrected chi connectivity index (χ3v) is 23.9. The van der Waals surface area contributed by atoms with Crippen LogP contribution in [-0.2, 0) is 109 Å². The summed E-state index contributed by atoms with van der Waals surface area (Å²) >= 11 is 0. The van der Waals surface area contributed by atoms with Gasteiger partial charge < -0.3 is 66.4 Å². The number of rotatable bonds is 36. The van der Waals surface area contributed by atoms with Gasteiger partial charge in [-0.25, -0.2) is 0 Å². The Balaban J connectivity index is 1.00. The molecule has 1 saturated heterocycles. The fourth-order valence-corrected chi connectivity index (χ4v) is 18.3. The molecule has 15 heteroatoms. The molecule has 0 spiro atoms. The minimum atomic E-state index is -3.16. The standard InChI is InChI=1S/C88H96O14Si/c1-88(2,3)103(75-46-28-12-29-47-75,76-48-30-13-31-49-76)100-63-73(89)62-99-82-80(94-57-68-38-20-8-21-39-68)81(95-58-69-40-22-9-23-41-69)83(96-59-70-42-24-10-25-43-70)85(84(82)97-61-72-50-52-74(90-4)53-51-72)102-87-86(98-60-71-44-26-11-27-45-71)79(93-56-67-36-18-7-19-37-67)78(92-55-66-34-16-6-17-35-66)77(101-87)64-91-54-65-32-14-5-15-33-65/h5-53,73,77-87,89H,54-64H2,1-4H3/t73-,77+,78+,79-,80-,81-,82+,83+,84-,85+,86-,87+/m0/s1. The molecule has 10 aromatic carbocycles. The molecule has 0 unspecified atom stereocenters. The third kappa shape index (κ3) is 20.4. The van der Waals surface area contributed by atoms with Gasteiger partial charge in [0.05, 0.1) is 85.9 Å². The summed E-state index contributed by atoms with van der Waals surface area (Å²) in [6, 6.07) is 98.9. The van der Waals surface area contributed by atoms with Crippen molar-refractivity contribution in [2.24, 2.45) is 0 Å². The van der Waals surface area contributed by atoms with E-state index >= 15 is 0 Å². The highest BCUT2D eigenvalue weighted by molar-refractivity contribution is 6.99. The molecule has 12 atom stereocenters. The fraction of sp³-hybridized carbons (Fsp3) is 0.318. The fourth-order valence-electron chi connectivity index (χ4n) is 13.7. The van der Waals surface area contributed by atoms with Gasteiger partial charge in [0.25, 0.3) is 8.32 Å². The van der Waals surface area contributed by atoms with Gasteiger partial charge in [0.2, 0.25) is 0 Å². The highest BCUT2D eigenvalue weighted by Gasteiger charge is 2.59. The molecule has 1 N–H and O–H groups in total. The number of hydrogen-bond donors (Lipinski definition) is 1. The average molecular weight is 1410 g/mol. The molecule has 1 aliphatic heterocycles. The summed E-state index contributed by atoms with van der Waals surface area (Å²) in [5.74, 6) is 0.689. The molecule has 1 heterocycles. The van der Waals surface area contributed by atoms with Gasteiger partial charge in [0.1, 0.15) is 66.8 Å². The Hall–Kier alpha value is -8.30. The van der Waals surface area contributed by atoms with Crippen molar-refractivity contribution in [3.05, 3.63) is 342 Å². The van der Waals surface area contributed by atoms with Crippen molar-refractivity contribution in [2.75, 3.05) is 26.9 Å². The molecular weight excluding hydrogens is 1310 g/mol. The zero-order chi connectivity index (χ0) is 70.9. The van der Waals surface area contributed by atoms with Crippen molar-refractivity contribution in [3.8, 4) is 5.75 Å². The second-order valence-electron chi connectivity index (χ2n) is 27.3. The first kappa shape index (κ1) is 74.4. The van der Waals surface area contributed by atoms with Gasteiger partial charge in [-0.05, 0) is 72.1 Å². The summed E-state index contributed by atoms with van der Waals surface area (Å²) in [5.41, 5.74) is 7.38. The van der Waals surface area contributed by atoms with E-state index in [0.717, 1.165) is 54.9 Å². The van der Waals surface area contributed by atoms with E-state index in [1.807, 2.05) is 249 Å². The van der Waals surface area contributed by atoms with Crippen molar-refractivity contribution in [1.82, 2.24) is 0 Å². The van der Waals surface area contributed by atoms with Crippen LogP contribution in [0.1, 0.15) is 65.3 Å². The van der Waals surface area contributed by atoms with Crippen LogP contribution in [0.3, 0.4) is 0 Å². The van der Waals surface area contributed by atoms with Gasteiger partial charge in [-0.2, -0.15) is 0 Å². The molecule has 1 saturated carbocycles. The first-order valence-electron chi connectivity index (χ1n) is 35.7. The van der Waals surface area contributed by atoms with Crippen LogP contribution in [0.25, 0.3) is 0 Å². The summed E-state index contributed by atoms with van der Waals surface area (Å²) in [5, 5.41) is 14.6. The predicted molar refractivity (Wildman–Crippen MR) is 401 cm³/mol. The van der Waals surface area contributed by atoms with E-state index in [0.29, 0.717) is 12.4 Å². The van der Waals surface area contributed by atoms with Crippen LogP contribution in [0.5, 0.6) is 5.75 Å². The van der Waals surface area contributed by atoms with Crippen molar-refractivity contribution in [1.29, 1.82) is 0 Å². The zero-order valence-corrected chi connectivity index (χ0v) is 60.3. The molecule has 0 radical (unpaired) electrons. The third-order valence-electron chi connectivity index (χ3n) is 18.9. The van der Waals surface area contributed by atoms with Crippen LogP contribution in [0.2, 0.25) is 5.04 Å². The molecule has 14 nitrogen and oxygen atoms in total. The number of methoxy groups -OCH3 is 1. The molecule has 536 valence electrons. The number of hydrogen-bond acceptors (Lipinski definition) is 14. The van der Waals surface area contributed by atoms with E-state index in [4.69, 9.17) is 61.3 Å². The lowest BCUT2D eigenvalue weighted by molar-refractivity contribution is -0.366. The average Bonchev–Trinajstić information content (AvgIpc) is 0.758. The first-order valence-corrected chi connectivity index (χ1v) is 37.6. The van der Waals surface area contributed by atoms with Gasteiger partial charge in [0, 0.05) is 0 Å². The Labute approximate surface area is 608 Å². The maximum atomic E-state index is 12.8. The highest BCUT2D eigenvalue weighted by atomic mass is 28.4. The predicted octanol–water partition coefficient (Wildman–Crippen LogP) is 14.8. The minimum Gasteiger partial charge on any atom is -0.497 e. The summed E-state index contributed by atoms with van der Waals surface area (Å²) in [6.07, 6.45) is -12.2. The van der Waals surface area contributed by atoms with Crippen molar-refractivity contribution in [3.63, 3.8) is 0 Å². The Morgan fingerprint density at radius 1 is 0.330 bits per heavy atom. The monoisotopic (exact) mass is 1400 g/mol. The van der Waals surface area contributed by atoms with Gasteiger partial charge in [0.15, 0.2) is 6.29 Å². The van der Waals surface area contributed by atoms with Gasteiger partial charge >= 0.3 is 0 Å². The quantitative estimate of drug-likeness (QED) is 0.0372. The Morgan fingerprint density at radius 3 is 0.971 bits per heavy atom. The lowest BCUT2D eigenvalue weighted by atomic mass is 9.83. The number of ether oxygens (including phenoxy) is 12. The Kier molecular flexibility index (Phi) is 27.4. The Morgan fingerprint density at radius 2 is 0.621 bits per heavy atom. The van der Waals surface area contributed by atoms with Crippen LogP contribution in [-0.4, -0.2) is 114 Å². The second kappa shape index (κ2) is 37.9. The molecule has 103 heavy (non-hydrogen) atoms. The van der Waals surface area contributed by atoms with E-state index in [1.54, 1.807) is 7.11 Å². The largest absolute Gasteiger partial charge is 0.497 e. The summed E-state index contributed by atoms with van der Waals surface area (Å²) in [6.45, 7) is 7.79. The van der Waals surface area contributed by atoms with Crippen LogP contribution >= 0.6 is 0 Å². The van der Waals surface area contributed by atoms with Gasteiger partial charge in [-0.3, -0.25) is 0 Å². The summed E-state index contributed by atoms with van der Waals surface area (Å²) < 4.78 is 94.6. The molecule has 12 rings (SSSR count). The number of benzene rings is 10. The van der Waals surface area contributed by atoms with Gasteiger partial charge in [-0.1, -0.05) is 306 Å². The first-order chi connectivity index (χ1) is 50.6. The van der Waals surface area contributed by atoms with Crippen molar-refractivity contribution in [2.45, 2.75) is 152 Å². The lowest BCUT2D eigenvalue weighted by Gasteiger charge is -2.52. The molecule has 1 aliphatic carbocycles. The zero-order valence-electron chi connectivity index (χ0n) is 59.3. The van der Waals surface area contributed by atoms with Crippen LogP contribution in [0.4, 0.5) is 0 Å². The SMILES string of the molecule is COc1ccc(CO[C@H]2[C@H](OC[C@H](O)CO[Si](c3ccccc3)(c3ccccc3)C(C)(C)C)[C@@H](OCc3ccccc3)[C@H](OCc3ccccc3)[C@@H](OCc3ccccc3)[C@H]2O[C@H]2O[C@H](COCc3ccccc3)[C@@H](OCc3ccccc3)[C@H](OCc3ccccc3)[C@@H]2OCc2ccccc2)cc1. The molecule has 0 bridgehead atoms. The van der Waals surface area contributed by atoms with E-state index in [9.17, 15) is 5.11 Å². The van der Waals surface area contributed by atoms with Crippen LogP contribution in [0, 0.1) is 0 Å². The number of aliphatic hydroxyl groups is 1. The Bertz CT molecular complexity index is 3940. The summed E-state index contributed by atoms with van der Waals surface area (Å²) in [4.78, 5) is 0. The van der Waals surface area contributed by atoms with E-state index in [-0.39, 0.29) is 71.1 Å². The number of aliphatic hydroxyl groups excluding tert-OH is 1. The maximum absolute atomic E-state index is 12.8. The van der Waals surface area contributed by atoms with E-state index in [1.165, 1.54) is 0 Å². The normalized spacial score (nSPS) is 21.7. The topological polar surface area (TPSA) is 140 Å². The molecule has 0 aromatic heterocycles. The van der Waals surface area contributed by atoms with Crippen molar-refractivity contribution < 1.29 is 66.4 Å². The van der Waals surface area contributed by atoms with Crippen LogP contribution < -0.4 is 15.1 Å². The molecule has 2 aliphatic rings. The van der Waals surface area contributed by atoms with E-state index < -0.39 is 81.8 Å². The van der Waals surface area contributed by atoms with Crippen LogP contribution in [0.15, 0.2) is 297 Å². The van der Waals surface area contributed by atoms with E-state index in [2.05, 4.69) is 69.3 Å². The maximum Gasteiger partial charge on any atom is 0.261 e.